The summed E-state index contributed by atoms with van der Waals surface area (Å²) in [5.41, 5.74) is 5.20. The summed E-state index contributed by atoms with van der Waals surface area (Å²) >= 11 is 0. The van der Waals surface area contributed by atoms with Crippen molar-refractivity contribution in [1.29, 1.82) is 0 Å². The van der Waals surface area contributed by atoms with Gasteiger partial charge in [0, 0.05) is 35.5 Å². The fourth-order valence-electron chi connectivity index (χ4n) is 4.61. The Hall–Kier alpha value is -2.81. The van der Waals surface area contributed by atoms with Crippen molar-refractivity contribution in [2.24, 2.45) is 0 Å². The number of hydrogen-bond donors (Lipinski definition) is 0. The van der Waals surface area contributed by atoms with Crippen LogP contribution < -0.4 is 0 Å². The lowest BCUT2D eigenvalue weighted by molar-refractivity contribution is 0.0545. The molecule has 0 amide bonds. The van der Waals surface area contributed by atoms with Gasteiger partial charge in [-0.05, 0) is 61.5 Å². The van der Waals surface area contributed by atoms with E-state index in [9.17, 15) is 4.79 Å². The fourth-order valence-corrected chi connectivity index (χ4v) is 4.61. The maximum absolute atomic E-state index is 13.0. The second kappa shape index (κ2) is 12.8. The number of carbonyl (C=O) groups is 1. The molecule has 0 spiro atoms. The van der Waals surface area contributed by atoms with Gasteiger partial charge < -0.3 is 28.4 Å². The van der Waals surface area contributed by atoms with Crippen molar-refractivity contribution in [3.8, 4) is 0 Å². The third-order valence-electron chi connectivity index (χ3n) is 5.90. The molecule has 0 N–H and O–H groups in total. The Balaban J connectivity index is 2.54. The molecule has 3 aromatic rings. The highest BCUT2D eigenvalue weighted by Gasteiger charge is 2.23. The van der Waals surface area contributed by atoms with Crippen molar-refractivity contribution < 1.29 is 33.2 Å². The molecule has 0 aromatic heterocycles. The zero-order valence-electron chi connectivity index (χ0n) is 21.2. The van der Waals surface area contributed by atoms with Gasteiger partial charge in [0.15, 0.2) is 0 Å². The molecule has 7 heteroatoms. The second-order valence-corrected chi connectivity index (χ2v) is 8.20. The van der Waals surface area contributed by atoms with Crippen molar-refractivity contribution >= 4 is 27.5 Å². The van der Waals surface area contributed by atoms with Crippen molar-refractivity contribution in [2.75, 3.05) is 42.2 Å². The molecule has 0 unspecified atom stereocenters. The molecule has 0 saturated heterocycles. The molecule has 0 saturated carbocycles. The Bertz CT molecular complexity index is 1200. The van der Waals surface area contributed by atoms with Gasteiger partial charge in [0.05, 0.1) is 38.6 Å². The Morgan fingerprint density at radius 3 is 1.63 bits per heavy atom. The van der Waals surface area contributed by atoms with Gasteiger partial charge in [-0.2, -0.15) is 0 Å². The smallest absolute Gasteiger partial charge is 0.338 e. The van der Waals surface area contributed by atoms with E-state index in [2.05, 4.69) is 18.7 Å². The Morgan fingerprint density at radius 1 is 0.714 bits per heavy atom. The third-order valence-corrected chi connectivity index (χ3v) is 5.90. The number of fused-ring (bicyclic) bond motifs is 2. The molecule has 0 aliphatic heterocycles. The van der Waals surface area contributed by atoms with E-state index in [1.54, 1.807) is 41.6 Å². The van der Waals surface area contributed by atoms with Gasteiger partial charge in [0.25, 0.3) is 0 Å². The quantitative estimate of drug-likeness (QED) is 0.191. The highest BCUT2D eigenvalue weighted by atomic mass is 16.5. The van der Waals surface area contributed by atoms with Crippen molar-refractivity contribution in [3.05, 3.63) is 70.3 Å². The first-order valence-electron chi connectivity index (χ1n) is 11.3. The summed E-state index contributed by atoms with van der Waals surface area (Å²) in [5.74, 6) is -0.430. The molecule has 188 valence electrons. The number of benzene rings is 3. The first-order valence-corrected chi connectivity index (χ1v) is 11.3. The van der Waals surface area contributed by atoms with E-state index in [1.165, 1.54) is 0 Å². The van der Waals surface area contributed by atoms with Crippen molar-refractivity contribution in [2.45, 2.75) is 33.0 Å². The SMILES string of the molecule is C=CCOC(=O)c1cc2c(COC)c3c(COC)ccc(COC)c3c(COC)c2cc1COC. The van der Waals surface area contributed by atoms with Crippen LogP contribution in [0.15, 0.2) is 36.9 Å². The summed E-state index contributed by atoms with van der Waals surface area (Å²) < 4.78 is 33.2. The minimum Gasteiger partial charge on any atom is -0.458 e. The molecule has 0 aliphatic carbocycles. The lowest BCUT2D eigenvalue weighted by Crippen LogP contribution is -2.11. The van der Waals surface area contributed by atoms with Crippen LogP contribution in [-0.2, 0) is 61.5 Å². The normalized spacial score (nSPS) is 11.3. The maximum Gasteiger partial charge on any atom is 0.338 e. The van der Waals surface area contributed by atoms with Gasteiger partial charge >= 0.3 is 5.97 Å². The van der Waals surface area contributed by atoms with Gasteiger partial charge in [-0.25, -0.2) is 4.79 Å². The number of ether oxygens (including phenoxy) is 6. The molecule has 7 nitrogen and oxygen atoms in total. The molecule has 0 atom stereocenters. The first-order chi connectivity index (χ1) is 17.1. The summed E-state index contributed by atoms with van der Waals surface area (Å²) in [5, 5.41) is 3.93. The van der Waals surface area contributed by atoms with E-state index in [0.29, 0.717) is 32.0 Å². The van der Waals surface area contributed by atoms with E-state index < -0.39 is 5.97 Å². The molecule has 0 heterocycles. The Morgan fingerprint density at radius 2 is 1.17 bits per heavy atom. The molecule has 0 aliphatic rings. The summed E-state index contributed by atoms with van der Waals surface area (Å²) in [6.45, 7) is 5.60. The van der Waals surface area contributed by atoms with Crippen molar-refractivity contribution in [1.82, 2.24) is 0 Å². The standard InChI is InChI=1S/C28H34O7/c1-7-10-35-28(29)21-12-23-22(11-20(21)15-32-4)24(16-33-5)26-18(13-30-2)8-9-19(14-31-3)27(26)25(23)17-34-6/h7-9,11-12H,1,10,13-17H2,2-6H3. The average Bonchev–Trinajstić information content (AvgIpc) is 2.85. The van der Waals surface area contributed by atoms with Gasteiger partial charge in [-0.15, -0.1) is 0 Å². The van der Waals surface area contributed by atoms with Crippen LogP contribution in [0.5, 0.6) is 0 Å². The molecule has 0 fully saturated rings. The first kappa shape index (κ1) is 26.8. The Labute approximate surface area is 206 Å². The van der Waals surface area contributed by atoms with Crippen LogP contribution in [0.4, 0.5) is 0 Å². The summed E-state index contributed by atoms with van der Waals surface area (Å²) in [7, 11) is 8.29. The van der Waals surface area contributed by atoms with Gasteiger partial charge in [0.1, 0.15) is 6.61 Å². The number of rotatable bonds is 13. The lowest BCUT2D eigenvalue weighted by Gasteiger charge is -2.22. The van der Waals surface area contributed by atoms with Crippen LogP contribution in [0.25, 0.3) is 21.5 Å². The minimum absolute atomic E-state index is 0.124. The molecule has 0 bridgehead atoms. The second-order valence-electron chi connectivity index (χ2n) is 8.20. The van der Waals surface area contributed by atoms with Crippen LogP contribution in [0.1, 0.15) is 38.2 Å². The van der Waals surface area contributed by atoms with Crippen molar-refractivity contribution in [3.63, 3.8) is 0 Å². The zero-order chi connectivity index (χ0) is 25.4. The fraction of sp³-hybridized carbons (Fsp3) is 0.393. The monoisotopic (exact) mass is 482 g/mol. The minimum atomic E-state index is -0.430. The molecular formula is C28H34O7. The van der Waals surface area contributed by atoms with E-state index in [1.807, 2.05) is 12.1 Å². The molecule has 3 aromatic carbocycles. The number of methoxy groups -OCH3 is 5. The highest BCUT2D eigenvalue weighted by Crippen LogP contribution is 2.39. The van der Waals surface area contributed by atoms with E-state index in [-0.39, 0.29) is 13.2 Å². The number of esters is 1. The van der Waals surface area contributed by atoms with E-state index in [4.69, 9.17) is 28.4 Å². The van der Waals surface area contributed by atoms with Gasteiger partial charge in [0.2, 0.25) is 0 Å². The molecular weight excluding hydrogens is 448 g/mol. The summed E-state index contributed by atoms with van der Waals surface area (Å²) in [6.07, 6.45) is 1.55. The topological polar surface area (TPSA) is 72.5 Å². The van der Waals surface area contributed by atoms with Gasteiger partial charge in [-0.1, -0.05) is 24.8 Å². The maximum atomic E-state index is 13.0. The third kappa shape index (κ3) is 5.55. The van der Waals surface area contributed by atoms with Crippen LogP contribution in [0.3, 0.4) is 0 Å². The summed E-state index contributed by atoms with van der Waals surface area (Å²) in [6, 6.07) is 8.00. The van der Waals surface area contributed by atoms with Crippen LogP contribution >= 0.6 is 0 Å². The van der Waals surface area contributed by atoms with Crippen LogP contribution in [-0.4, -0.2) is 48.1 Å². The zero-order valence-corrected chi connectivity index (χ0v) is 21.2. The number of hydrogen-bond acceptors (Lipinski definition) is 7. The lowest BCUT2D eigenvalue weighted by atomic mass is 9.85. The Kier molecular flexibility index (Phi) is 9.77. The predicted octanol–water partition coefficient (Wildman–Crippen LogP) is 5.07. The van der Waals surface area contributed by atoms with Crippen LogP contribution in [0.2, 0.25) is 0 Å². The predicted molar refractivity (Wildman–Crippen MR) is 135 cm³/mol. The highest BCUT2D eigenvalue weighted by molar-refractivity contribution is 6.10. The molecule has 3 rings (SSSR count). The average molecular weight is 483 g/mol. The van der Waals surface area contributed by atoms with E-state index in [0.717, 1.165) is 49.4 Å². The molecule has 35 heavy (non-hydrogen) atoms. The molecule has 0 radical (unpaired) electrons. The van der Waals surface area contributed by atoms with Gasteiger partial charge in [-0.3, -0.25) is 0 Å². The number of carbonyl (C=O) groups excluding carboxylic acids is 1. The largest absolute Gasteiger partial charge is 0.458 e. The van der Waals surface area contributed by atoms with Crippen LogP contribution in [0, 0.1) is 0 Å². The summed E-state index contributed by atoms with van der Waals surface area (Å²) in [4.78, 5) is 13.0. The van der Waals surface area contributed by atoms with E-state index >= 15 is 0 Å².